The maximum atomic E-state index is 15.2. The quantitative estimate of drug-likeness (QED) is 0.0513. The van der Waals surface area contributed by atoms with Crippen LogP contribution in [0.4, 0.5) is 0 Å². The first-order chi connectivity index (χ1) is 39.8. The summed E-state index contributed by atoms with van der Waals surface area (Å²) in [6, 6.07) is 0. The minimum absolute atomic E-state index is 0.0829. The van der Waals surface area contributed by atoms with E-state index in [-0.39, 0.29) is 46.0 Å². The van der Waals surface area contributed by atoms with Crippen molar-refractivity contribution in [3.8, 4) is 0 Å². The summed E-state index contributed by atoms with van der Waals surface area (Å²) in [5.74, 6) is -0.599. The molecule has 488 valence electrons. The van der Waals surface area contributed by atoms with Gasteiger partial charge in [0.25, 0.3) is 0 Å². The van der Waals surface area contributed by atoms with Gasteiger partial charge in [-0.2, -0.15) is 0 Å². The molecule has 26 nitrogen and oxygen atoms in total. The van der Waals surface area contributed by atoms with Crippen LogP contribution >= 0.6 is 0 Å². The Kier molecular flexibility index (Phi) is 19.0. The number of hydrogen-bond donors (Lipinski definition) is 15. The van der Waals surface area contributed by atoms with Crippen molar-refractivity contribution in [3.63, 3.8) is 0 Å². The van der Waals surface area contributed by atoms with Crippen molar-refractivity contribution in [1.82, 2.24) is 0 Å². The van der Waals surface area contributed by atoms with Gasteiger partial charge in [0.15, 0.2) is 25.2 Å². The van der Waals surface area contributed by atoms with Crippen molar-refractivity contribution in [1.29, 1.82) is 0 Å². The summed E-state index contributed by atoms with van der Waals surface area (Å²) >= 11 is 0. The standard InChI is InChI=1S/C59H96O26/c1-24-34(63)38(67)43(72)49(78-24)84-47-46(83-50-44(73)40(69)36(65)29(21-61)80-50)27(62)22-76-52(47)82-33-12-13-56(6)31(55(33,4)5)11-14-58(8)32(56)10-9-25-26-19-54(2,3)15-17-59(26,18-16-57(25,58)7)53(75)85-51-45(74)41(70)37(66)30(81-51)23-77-48-42(71)39(68)35(64)28(20-60)79-48/h9,24,26-52,60-74H,10-23H2,1-8H3/t24-,26-,27+,28+,29+,30+,31?,32?,33-,34-,35+,36+,37+,38+,39-,40-,41-,42+,43+,44+,45+,46-,47+,48+,49?,50-,51-,52-,56-,57+,58+,59?/m0/s1. The van der Waals surface area contributed by atoms with E-state index in [1.807, 2.05) is 0 Å². The fourth-order valence-corrected chi connectivity index (χ4v) is 17.6. The molecular formula is C59H96O26. The summed E-state index contributed by atoms with van der Waals surface area (Å²) < 4.78 is 60.6. The second-order valence-electron chi connectivity index (χ2n) is 28.7. The molecule has 32 atom stereocenters. The molecular weight excluding hydrogens is 1120 g/mol. The highest BCUT2D eigenvalue weighted by Crippen LogP contribution is 2.76. The zero-order valence-corrected chi connectivity index (χ0v) is 49.8. The van der Waals surface area contributed by atoms with Crippen LogP contribution < -0.4 is 0 Å². The van der Waals surface area contributed by atoms with Crippen LogP contribution in [0.1, 0.15) is 120 Å². The van der Waals surface area contributed by atoms with E-state index < -0.39 is 190 Å². The van der Waals surface area contributed by atoms with Crippen LogP contribution in [0.2, 0.25) is 0 Å². The third-order valence-electron chi connectivity index (χ3n) is 23.1. The largest absolute Gasteiger partial charge is 0.432 e. The van der Waals surface area contributed by atoms with E-state index in [4.69, 9.17) is 47.4 Å². The molecule has 4 unspecified atom stereocenters. The number of carbonyl (C=O) groups excluding carboxylic acids is 1. The van der Waals surface area contributed by atoms with Crippen molar-refractivity contribution in [2.75, 3.05) is 26.4 Å². The lowest BCUT2D eigenvalue weighted by Crippen LogP contribution is -2.67. The van der Waals surface area contributed by atoms with Gasteiger partial charge in [-0.3, -0.25) is 4.79 Å². The number of ether oxygens (including phenoxy) is 10. The highest BCUT2D eigenvalue weighted by Gasteiger charge is 2.70. The first-order valence-electron chi connectivity index (χ1n) is 30.6. The summed E-state index contributed by atoms with van der Waals surface area (Å²) in [6.07, 6.45) is -29.9. The molecule has 4 saturated carbocycles. The summed E-state index contributed by atoms with van der Waals surface area (Å²) in [5, 5.41) is 160. The van der Waals surface area contributed by atoms with Crippen LogP contribution in [0, 0.1) is 50.2 Å². The summed E-state index contributed by atoms with van der Waals surface area (Å²) in [5.41, 5.74) is -1.41. The van der Waals surface area contributed by atoms with Crippen molar-refractivity contribution in [3.05, 3.63) is 11.6 Å². The summed E-state index contributed by atoms with van der Waals surface area (Å²) in [6.45, 7) is 15.0. The van der Waals surface area contributed by atoms with E-state index in [0.717, 1.165) is 25.7 Å². The maximum Gasteiger partial charge on any atom is 0.315 e. The predicted octanol–water partition coefficient (Wildman–Crippen LogP) is -2.54. The molecule has 10 aliphatic rings. The van der Waals surface area contributed by atoms with E-state index in [9.17, 15) is 76.6 Å². The SMILES string of the molecule is C[C@@H]1OC(O[C@H]2[C@H](O[C@H]3CC[C@@]4(C)C(CC[C@]5(C)C4CC=C4[C@@H]6CC(C)(C)CCC6(C(=O)O[C@@H]6O[C@H](CO[C@@H]7O[C@H](CO)[C@@H](O)[C@H](O)[C@H]7O)[C@@H](O)[C@H](O)[C@H]6O)CC[C@]45C)C3(C)C)OC[C@@H](O)[C@@H]2O[C@@H]2O[C@H](CO)[C@@H](O)[C@H](O)[C@H]2O)[C@H](O)[C@H](O)[C@H]1O. The third kappa shape index (κ3) is 11.2. The average molecular weight is 1220 g/mol. The van der Waals surface area contributed by atoms with Gasteiger partial charge in [-0.15, -0.1) is 0 Å². The van der Waals surface area contributed by atoms with E-state index in [1.165, 1.54) is 12.5 Å². The molecule has 85 heavy (non-hydrogen) atoms. The fraction of sp³-hybridized carbons (Fsp3) is 0.949. The Morgan fingerprint density at radius 1 is 0.553 bits per heavy atom. The number of fused-ring (bicyclic) bond motifs is 7. The molecule has 15 N–H and O–H groups in total. The lowest BCUT2D eigenvalue weighted by Gasteiger charge is -2.71. The fourth-order valence-electron chi connectivity index (χ4n) is 17.6. The van der Waals surface area contributed by atoms with Crippen LogP contribution in [0.25, 0.3) is 0 Å². The Morgan fingerprint density at radius 3 is 1.73 bits per heavy atom. The molecule has 0 amide bonds. The van der Waals surface area contributed by atoms with Crippen molar-refractivity contribution in [2.45, 2.75) is 273 Å². The minimum atomic E-state index is -1.85. The Balaban J connectivity index is 0.875. The molecule has 0 aromatic heterocycles. The smallest absolute Gasteiger partial charge is 0.315 e. The van der Waals surface area contributed by atoms with Gasteiger partial charge in [-0.05, 0) is 116 Å². The van der Waals surface area contributed by atoms with Crippen LogP contribution in [0.5, 0.6) is 0 Å². The number of hydrogen-bond acceptors (Lipinski definition) is 26. The monoisotopic (exact) mass is 1220 g/mol. The second-order valence-corrected chi connectivity index (χ2v) is 28.7. The maximum absolute atomic E-state index is 15.2. The average Bonchev–Trinajstić information content (AvgIpc) is 0.699. The Bertz CT molecular complexity index is 2360. The molecule has 5 aliphatic heterocycles. The highest BCUT2D eigenvalue weighted by molar-refractivity contribution is 5.79. The number of esters is 1. The molecule has 0 aromatic rings. The molecule has 9 fully saturated rings. The second kappa shape index (κ2) is 24.4. The number of aliphatic hydroxyl groups is 15. The number of aliphatic hydroxyl groups excluding tert-OH is 15. The number of allylic oxidation sites excluding steroid dienone is 2. The molecule has 0 bridgehead atoms. The molecule has 0 spiro atoms. The summed E-state index contributed by atoms with van der Waals surface area (Å²) in [4.78, 5) is 15.2. The van der Waals surface area contributed by atoms with E-state index in [0.29, 0.717) is 38.5 Å². The zero-order valence-electron chi connectivity index (χ0n) is 49.8. The van der Waals surface area contributed by atoms with Gasteiger partial charge < -0.3 is 124 Å². The van der Waals surface area contributed by atoms with Crippen molar-refractivity contribution in [2.24, 2.45) is 50.2 Å². The molecule has 5 saturated heterocycles. The van der Waals surface area contributed by atoms with E-state index in [1.54, 1.807) is 0 Å². The first-order valence-corrected chi connectivity index (χ1v) is 30.6. The van der Waals surface area contributed by atoms with Gasteiger partial charge in [-0.25, -0.2) is 0 Å². The lowest BCUT2D eigenvalue weighted by molar-refractivity contribution is -0.388. The summed E-state index contributed by atoms with van der Waals surface area (Å²) in [7, 11) is 0. The predicted molar refractivity (Wildman–Crippen MR) is 288 cm³/mol. The van der Waals surface area contributed by atoms with Gasteiger partial charge in [-0.1, -0.05) is 60.1 Å². The van der Waals surface area contributed by atoms with E-state index >= 15 is 4.79 Å². The van der Waals surface area contributed by atoms with Gasteiger partial charge in [0.05, 0.1) is 44.1 Å². The molecule has 5 heterocycles. The topological polar surface area (TPSA) is 413 Å². The third-order valence-corrected chi connectivity index (χ3v) is 23.1. The molecule has 10 rings (SSSR count). The van der Waals surface area contributed by atoms with Crippen LogP contribution in [-0.4, -0.2) is 263 Å². The van der Waals surface area contributed by atoms with Gasteiger partial charge in [0.1, 0.15) is 110 Å². The molecule has 26 heteroatoms. The van der Waals surface area contributed by atoms with E-state index in [2.05, 4.69) is 54.5 Å². The van der Waals surface area contributed by atoms with Gasteiger partial charge in [0.2, 0.25) is 6.29 Å². The van der Waals surface area contributed by atoms with Gasteiger partial charge >= 0.3 is 5.97 Å². The zero-order chi connectivity index (χ0) is 62.0. The molecule has 0 aromatic carbocycles. The van der Waals surface area contributed by atoms with Gasteiger partial charge in [0, 0.05) is 0 Å². The van der Waals surface area contributed by atoms with Crippen LogP contribution in [0.3, 0.4) is 0 Å². The Hall–Kier alpha value is -1.75. The van der Waals surface area contributed by atoms with Crippen molar-refractivity contribution < 1.29 is 129 Å². The number of carbonyl (C=O) groups is 1. The highest BCUT2D eigenvalue weighted by atomic mass is 16.8. The Morgan fingerprint density at radius 2 is 1.09 bits per heavy atom. The number of rotatable bonds is 13. The first kappa shape index (κ1) is 66.2. The minimum Gasteiger partial charge on any atom is -0.432 e. The van der Waals surface area contributed by atoms with Crippen LogP contribution in [-0.2, 0) is 52.2 Å². The Labute approximate surface area is 494 Å². The van der Waals surface area contributed by atoms with Crippen molar-refractivity contribution >= 4 is 5.97 Å². The van der Waals surface area contributed by atoms with Crippen LogP contribution in [0.15, 0.2) is 11.6 Å². The lowest BCUT2D eigenvalue weighted by atomic mass is 9.33. The normalized spacial score (nSPS) is 54.1. The molecule has 5 aliphatic carbocycles. The molecule has 0 radical (unpaired) electrons.